The van der Waals surface area contributed by atoms with Crippen LogP contribution < -0.4 is 0 Å². The number of oxime groups is 2. The summed E-state index contributed by atoms with van der Waals surface area (Å²) < 4.78 is 40.2. The van der Waals surface area contributed by atoms with Crippen molar-refractivity contribution in [3.8, 4) is 0 Å². The zero-order valence-corrected chi connectivity index (χ0v) is 8.15. The van der Waals surface area contributed by atoms with Crippen molar-refractivity contribution < 1.29 is 33.1 Å². The molecule has 0 radical (unpaired) electrons. The highest BCUT2D eigenvalue weighted by Gasteiger charge is 2.35. The number of nitrogens with zero attached hydrogens (tertiary/aromatic N) is 2. The van der Waals surface area contributed by atoms with Gasteiger partial charge in [0.2, 0.25) is 5.71 Å². The van der Waals surface area contributed by atoms with Gasteiger partial charge in [-0.15, -0.1) is 0 Å². The Bertz CT molecular complexity index is 311. The van der Waals surface area contributed by atoms with Crippen LogP contribution in [-0.2, 0) is 9.53 Å². The molecular formula is C7H9F3N2O4. The van der Waals surface area contributed by atoms with E-state index in [9.17, 15) is 18.0 Å². The van der Waals surface area contributed by atoms with Crippen LogP contribution in [0.5, 0.6) is 0 Å². The van der Waals surface area contributed by atoms with Crippen LogP contribution in [0.1, 0.15) is 13.3 Å². The summed E-state index contributed by atoms with van der Waals surface area (Å²) in [5.74, 6) is -1.30. The van der Waals surface area contributed by atoms with Crippen LogP contribution in [0.3, 0.4) is 0 Å². The first-order valence-electron chi connectivity index (χ1n) is 4.03. The van der Waals surface area contributed by atoms with E-state index in [1.807, 2.05) is 0 Å². The minimum atomic E-state index is -4.70. The molecule has 0 aromatic carbocycles. The maximum atomic E-state index is 12.0. The number of ether oxygens (including phenoxy) is 1. The minimum Gasteiger partial charge on any atom is -0.461 e. The van der Waals surface area contributed by atoms with Gasteiger partial charge in [0.15, 0.2) is 0 Å². The molecule has 0 aromatic rings. The number of carbonyl (C=O) groups is 1. The molecule has 0 spiro atoms. The summed E-state index contributed by atoms with van der Waals surface area (Å²) in [6, 6.07) is 0. The third kappa shape index (κ3) is 4.62. The zero-order valence-electron chi connectivity index (χ0n) is 8.15. The minimum absolute atomic E-state index is 0.122. The van der Waals surface area contributed by atoms with Gasteiger partial charge in [-0.3, -0.25) is 0 Å². The molecule has 0 amide bonds. The average Bonchev–Trinajstić information content (AvgIpc) is 2.16. The SMILES string of the molecule is CCOC(=O)C(=N\O)/C(CC(F)(F)F)=N/O. The Morgan fingerprint density at radius 1 is 1.31 bits per heavy atom. The summed E-state index contributed by atoms with van der Waals surface area (Å²) >= 11 is 0. The van der Waals surface area contributed by atoms with Crippen molar-refractivity contribution in [3.05, 3.63) is 0 Å². The molecule has 6 nitrogen and oxygen atoms in total. The molecule has 9 heteroatoms. The summed E-state index contributed by atoms with van der Waals surface area (Å²) in [4.78, 5) is 11.0. The monoisotopic (exact) mass is 242 g/mol. The number of hydrogen-bond donors (Lipinski definition) is 2. The number of alkyl halides is 3. The predicted molar refractivity (Wildman–Crippen MR) is 45.7 cm³/mol. The summed E-state index contributed by atoms with van der Waals surface area (Å²) in [6.45, 7) is 1.29. The summed E-state index contributed by atoms with van der Waals surface area (Å²) in [6.07, 6.45) is -6.41. The molecule has 0 saturated heterocycles. The quantitative estimate of drug-likeness (QED) is 0.335. The topological polar surface area (TPSA) is 91.5 Å². The van der Waals surface area contributed by atoms with Gasteiger partial charge in [0.25, 0.3) is 0 Å². The fourth-order valence-electron chi connectivity index (χ4n) is 0.772. The van der Waals surface area contributed by atoms with Gasteiger partial charge in [-0.1, -0.05) is 10.3 Å². The van der Waals surface area contributed by atoms with Crippen LogP contribution in [0.4, 0.5) is 13.2 Å². The molecule has 0 aliphatic heterocycles. The van der Waals surface area contributed by atoms with E-state index in [0.717, 1.165) is 0 Å². The molecule has 0 saturated carbocycles. The first-order valence-corrected chi connectivity index (χ1v) is 4.03. The van der Waals surface area contributed by atoms with Crippen LogP contribution in [0, 0.1) is 0 Å². The van der Waals surface area contributed by atoms with Gasteiger partial charge in [0.1, 0.15) is 5.71 Å². The molecule has 0 rings (SSSR count). The highest BCUT2D eigenvalue weighted by atomic mass is 19.4. The second-order valence-electron chi connectivity index (χ2n) is 2.51. The third-order valence-corrected chi connectivity index (χ3v) is 1.33. The predicted octanol–water partition coefficient (Wildman–Crippen LogP) is 1.16. The molecule has 0 atom stereocenters. The maximum absolute atomic E-state index is 12.0. The van der Waals surface area contributed by atoms with Gasteiger partial charge in [-0.2, -0.15) is 13.2 Å². The lowest BCUT2D eigenvalue weighted by Gasteiger charge is -2.08. The van der Waals surface area contributed by atoms with E-state index >= 15 is 0 Å². The molecule has 0 aliphatic rings. The van der Waals surface area contributed by atoms with Crippen LogP contribution >= 0.6 is 0 Å². The number of rotatable bonds is 4. The van der Waals surface area contributed by atoms with E-state index in [1.165, 1.54) is 6.92 Å². The maximum Gasteiger partial charge on any atom is 0.394 e. The van der Waals surface area contributed by atoms with E-state index in [1.54, 1.807) is 0 Å². The van der Waals surface area contributed by atoms with E-state index in [4.69, 9.17) is 10.4 Å². The summed E-state index contributed by atoms with van der Waals surface area (Å²) in [7, 11) is 0. The fraction of sp³-hybridized carbons (Fsp3) is 0.571. The summed E-state index contributed by atoms with van der Waals surface area (Å²) in [5.41, 5.74) is -2.20. The van der Waals surface area contributed by atoms with Crippen molar-refractivity contribution in [2.45, 2.75) is 19.5 Å². The van der Waals surface area contributed by atoms with Crippen LogP contribution in [0.15, 0.2) is 10.3 Å². The van der Waals surface area contributed by atoms with Crippen molar-refractivity contribution in [1.29, 1.82) is 0 Å². The van der Waals surface area contributed by atoms with E-state index < -0.39 is 30.0 Å². The highest BCUT2D eigenvalue weighted by molar-refractivity contribution is 6.65. The van der Waals surface area contributed by atoms with Crippen LogP contribution in [0.25, 0.3) is 0 Å². The number of halogens is 3. The standard InChI is InChI=1S/C7H9F3N2O4/c1-2-16-6(13)5(12-15)4(11-14)3-7(8,9)10/h14-15H,2-3H2,1H3/b11-4+,12-5-. The second kappa shape index (κ2) is 5.93. The first-order chi connectivity index (χ1) is 7.35. The molecule has 0 aliphatic carbocycles. The second-order valence-corrected chi connectivity index (χ2v) is 2.51. The van der Waals surface area contributed by atoms with Gasteiger partial charge in [-0.05, 0) is 6.92 Å². The van der Waals surface area contributed by atoms with E-state index in [-0.39, 0.29) is 6.61 Å². The fourth-order valence-corrected chi connectivity index (χ4v) is 0.772. The van der Waals surface area contributed by atoms with E-state index in [0.29, 0.717) is 0 Å². The van der Waals surface area contributed by atoms with Gasteiger partial charge < -0.3 is 15.2 Å². The highest BCUT2D eigenvalue weighted by Crippen LogP contribution is 2.20. The first kappa shape index (κ1) is 14.2. The Balaban J connectivity index is 4.88. The Kier molecular flexibility index (Phi) is 5.26. The molecule has 0 aromatic heterocycles. The van der Waals surface area contributed by atoms with Gasteiger partial charge in [0, 0.05) is 0 Å². The molecule has 0 unspecified atom stereocenters. The lowest BCUT2D eigenvalue weighted by molar-refractivity contribution is -0.135. The molecule has 2 N–H and O–H groups in total. The van der Waals surface area contributed by atoms with Crippen LogP contribution in [0.2, 0.25) is 0 Å². The Morgan fingerprint density at radius 2 is 1.88 bits per heavy atom. The van der Waals surface area contributed by atoms with Crippen molar-refractivity contribution in [2.75, 3.05) is 6.61 Å². The number of hydrogen-bond acceptors (Lipinski definition) is 6. The molecule has 0 fully saturated rings. The molecule has 92 valence electrons. The Hall–Kier alpha value is -1.80. The van der Waals surface area contributed by atoms with Crippen LogP contribution in [-0.4, -0.2) is 40.6 Å². The van der Waals surface area contributed by atoms with Crippen molar-refractivity contribution in [3.63, 3.8) is 0 Å². The van der Waals surface area contributed by atoms with Crippen molar-refractivity contribution in [2.24, 2.45) is 10.3 Å². The largest absolute Gasteiger partial charge is 0.461 e. The third-order valence-electron chi connectivity index (χ3n) is 1.33. The molecule has 0 heterocycles. The van der Waals surface area contributed by atoms with Gasteiger partial charge in [-0.25, -0.2) is 4.79 Å². The lowest BCUT2D eigenvalue weighted by atomic mass is 10.1. The molecule has 16 heavy (non-hydrogen) atoms. The average molecular weight is 242 g/mol. The Morgan fingerprint density at radius 3 is 2.19 bits per heavy atom. The molecule has 0 bridgehead atoms. The zero-order chi connectivity index (χ0) is 12.8. The smallest absolute Gasteiger partial charge is 0.394 e. The Labute approximate surface area is 88.0 Å². The summed E-state index contributed by atoms with van der Waals surface area (Å²) in [5, 5.41) is 21.2. The molecular weight excluding hydrogens is 233 g/mol. The normalized spacial score (nSPS) is 13.8. The number of carbonyl (C=O) groups excluding carboxylic acids is 1. The van der Waals surface area contributed by atoms with Crippen molar-refractivity contribution in [1.82, 2.24) is 0 Å². The van der Waals surface area contributed by atoms with Gasteiger partial charge in [0.05, 0.1) is 13.0 Å². The van der Waals surface area contributed by atoms with E-state index in [2.05, 4.69) is 15.0 Å². The van der Waals surface area contributed by atoms with Gasteiger partial charge >= 0.3 is 12.1 Å². The lowest BCUT2D eigenvalue weighted by Crippen LogP contribution is -2.30. The van der Waals surface area contributed by atoms with Crippen molar-refractivity contribution >= 4 is 17.4 Å². The number of esters is 1.